The van der Waals surface area contributed by atoms with Crippen LogP contribution in [0, 0.1) is 0 Å². The van der Waals surface area contributed by atoms with Crippen molar-refractivity contribution in [3.8, 4) is 0 Å². The fourth-order valence-electron chi connectivity index (χ4n) is 1.91. The Hall–Kier alpha value is -1.11. The standard InChI is InChI=1S/C14H18BrClN2O3/c1-3-14(4-2,13(20)21)17-8-12(19)18-11-6-5-9(15)7-10(11)16/h5-7,17H,3-4,8H2,1-2H3,(H,18,19)(H,20,21). The Labute approximate surface area is 137 Å². The number of carbonyl (C=O) groups is 2. The van der Waals surface area contributed by atoms with Crippen molar-refractivity contribution >= 4 is 45.1 Å². The second-order valence-corrected chi connectivity index (χ2v) is 5.94. The second-order valence-electron chi connectivity index (χ2n) is 4.62. The normalized spacial score (nSPS) is 11.2. The Morgan fingerprint density at radius 2 is 1.95 bits per heavy atom. The second kappa shape index (κ2) is 7.77. The number of rotatable bonds is 7. The molecule has 3 N–H and O–H groups in total. The molecule has 0 aliphatic heterocycles. The number of carboxylic acids is 1. The molecule has 0 atom stereocenters. The molecule has 1 amide bonds. The summed E-state index contributed by atoms with van der Waals surface area (Å²) in [5.41, 5.74) is -0.596. The molecule has 0 fully saturated rings. The van der Waals surface area contributed by atoms with Gasteiger partial charge in [-0.3, -0.25) is 14.9 Å². The number of carbonyl (C=O) groups excluding carboxylic acids is 1. The van der Waals surface area contributed by atoms with Crippen molar-refractivity contribution in [2.75, 3.05) is 11.9 Å². The minimum Gasteiger partial charge on any atom is -0.480 e. The van der Waals surface area contributed by atoms with E-state index in [1.807, 2.05) is 0 Å². The summed E-state index contributed by atoms with van der Waals surface area (Å²) in [6.45, 7) is 3.45. The van der Waals surface area contributed by atoms with Gasteiger partial charge in [-0.05, 0) is 31.0 Å². The van der Waals surface area contributed by atoms with E-state index in [4.69, 9.17) is 11.6 Å². The van der Waals surface area contributed by atoms with Crippen molar-refractivity contribution in [1.82, 2.24) is 5.32 Å². The third kappa shape index (κ3) is 4.69. The fraction of sp³-hybridized carbons (Fsp3) is 0.429. The van der Waals surface area contributed by atoms with Gasteiger partial charge in [0.25, 0.3) is 0 Å². The lowest BCUT2D eigenvalue weighted by Gasteiger charge is -2.27. The third-order valence-electron chi connectivity index (χ3n) is 3.41. The molecule has 116 valence electrons. The predicted octanol–water partition coefficient (Wildman–Crippen LogP) is 3.27. The minimum absolute atomic E-state index is 0.0969. The maximum Gasteiger partial charge on any atom is 0.323 e. The molecule has 5 nitrogen and oxygen atoms in total. The van der Waals surface area contributed by atoms with Crippen LogP contribution in [0.1, 0.15) is 26.7 Å². The number of halogens is 2. The van der Waals surface area contributed by atoms with Crippen molar-refractivity contribution < 1.29 is 14.7 Å². The topological polar surface area (TPSA) is 78.4 Å². The third-order valence-corrected chi connectivity index (χ3v) is 4.22. The van der Waals surface area contributed by atoms with Gasteiger partial charge in [-0.25, -0.2) is 0 Å². The Morgan fingerprint density at radius 1 is 1.33 bits per heavy atom. The maximum atomic E-state index is 11.9. The predicted molar refractivity (Wildman–Crippen MR) is 86.7 cm³/mol. The van der Waals surface area contributed by atoms with E-state index in [1.165, 1.54) is 0 Å². The highest BCUT2D eigenvalue weighted by Gasteiger charge is 2.34. The number of aliphatic carboxylic acids is 1. The first-order chi connectivity index (χ1) is 9.84. The van der Waals surface area contributed by atoms with Crippen LogP contribution in [-0.4, -0.2) is 29.1 Å². The van der Waals surface area contributed by atoms with Gasteiger partial charge in [0.1, 0.15) is 5.54 Å². The highest BCUT2D eigenvalue weighted by Crippen LogP contribution is 2.25. The van der Waals surface area contributed by atoms with Gasteiger partial charge < -0.3 is 10.4 Å². The summed E-state index contributed by atoms with van der Waals surface area (Å²) in [5.74, 6) is -1.30. The Balaban J connectivity index is 2.67. The number of hydrogen-bond donors (Lipinski definition) is 3. The van der Waals surface area contributed by atoms with Gasteiger partial charge in [0.15, 0.2) is 0 Å². The van der Waals surface area contributed by atoms with E-state index in [2.05, 4.69) is 26.6 Å². The molecule has 21 heavy (non-hydrogen) atoms. The number of benzene rings is 1. The van der Waals surface area contributed by atoms with Crippen molar-refractivity contribution in [3.63, 3.8) is 0 Å². The van der Waals surface area contributed by atoms with Crippen LogP contribution >= 0.6 is 27.5 Å². The van der Waals surface area contributed by atoms with Gasteiger partial charge in [-0.2, -0.15) is 0 Å². The zero-order chi connectivity index (χ0) is 16.0. The van der Waals surface area contributed by atoms with E-state index in [9.17, 15) is 14.7 Å². The maximum absolute atomic E-state index is 11.9. The average molecular weight is 378 g/mol. The van der Waals surface area contributed by atoms with Gasteiger partial charge in [-0.15, -0.1) is 0 Å². The van der Waals surface area contributed by atoms with E-state index in [0.29, 0.717) is 23.6 Å². The zero-order valence-electron chi connectivity index (χ0n) is 11.9. The molecular formula is C14H18BrClN2O3. The van der Waals surface area contributed by atoms with Crippen LogP contribution in [0.15, 0.2) is 22.7 Å². The average Bonchev–Trinajstić information content (AvgIpc) is 2.43. The Bertz CT molecular complexity index is 533. The lowest BCUT2D eigenvalue weighted by Crippen LogP contribution is -2.53. The van der Waals surface area contributed by atoms with E-state index in [1.54, 1.807) is 32.0 Å². The number of carboxylic acid groups (broad SMARTS) is 1. The van der Waals surface area contributed by atoms with E-state index in [0.717, 1.165) is 4.47 Å². The molecule has 1 aromatic carbocycles. The molecule has 0 unspecified atom stereocenters. The van der Waals surface area contributed by atoms with Gasteiger partial charge in [0.05, 0.1) is 17.3 Å². The van der Waals surface area contributed by atoms with Crippen LogP contribution in [-0.2, 0) is 9.59 Å². The molecular weight excluding hydrogens is 360 g/mol. The number of nitrogens with one attached hydrogen (secondary N) is 2. The van der Waals surface area contributed by atoms with Gasteiger partial charge in [0.2, 0.25) is 5.91 Å². The Kier molecular flexibility index (Phi) is 6.64. The molecule has 0 aromatic heterocycles. The summed E-state index contributed by atoms with van der Waals surface area (Å²) in [4.78, 5) is 23.2. The summed E-state index contributed by atoms with van der Waals surface area (Å²) in [7, 11) is 0. The van der Waals surface area contributed by atoms with Crippen molar-refractivity contribution in [3.05, 3.63) is 27.7 Å². The first kappa shape index (κ1) is 17.9. The number of amides is 1. The van der Waals surface area contributed by atoms with Crippen LogP contribution in [0.3, 0.4) is 0 Å². The highest BCUT2D eigenvalue weighted by atomic mass is 79.9. The number of hydrogen-bond acceptors (Lipinski definition) is 3. The van der Waals surface area contributed by atoms with Gasteiger partial charge in [0, 0.05) is 4.47 Å². The smallest absolute Gasteiger partial charge is 0.323 e. The summed E-state index contributed by atoms with van der Waals surface area (Å²) in [6.07, 6.45) is 0.788. The summed E-state index contributed by atoms with van der Waals surface area (Å²) in [6, 6.07) is 5.10. The van der Waals surface area contributed by atoms with E-state index in [-0.39, 0.29) is 12.5 Å². The fourth-order valence-corrected chi connectivity index (χ4v) is 2.63. The quantitative estimate of drug-likeness (QED) is 0.681. The van der Waals surface area contributed by atoms with Crippen molar-refractivity contribution in [2.24, 2.45) is 0 Å². The van der Waals surface area contributed by atoms with Crippen molar-refractivity contribution in [1.29, 1.82) is 0 Å². The van der Waals surface area contributed by atoms with Crippen molar-refractivity contribution in [2.45, 2.75) is 32.2 Å². The van der Waals surface area contributed by atoms with E-state index >= 15 is 0 Å². The molecule has 0 heterocycles. The molecule has 0 spiro atoms. The lowest BCUT2D eigenvalue weighted by molar-refractivity contribution is -0.145. The molecule has 7 heteroatoms. The van der Waals surface area contributed by atoms with Gasteiger partial charge in [-0.1, -0.05) is 41.4 Å². The molecule has 0 bridgehead atoms. The van der Waals surface area contributed by atoms with Gasteiger partial charge >= 0.3 is 5.97 Å². The van der Waals surface area contributed by atoms with Crippen LogP contribution in [0.5, 0.6) is 0 Å². The molecule has 0 radical (unpaired) electrons. The van der Waals surface area contributed by atoms with Crippen LogP contribution in [0.4, 0.5) is 5.69 Å². The molecule has 1 rings (SSSR count). The summed E-state index contributed by atoms with van der Waals surface area (Å²) >= 11 is 9.29. The van der Waals surface area contributed by atoms with E-state index < -0.39 is 11.5 Å². The summed E-state index contributed by atoms with van der Waals surface area (Å²) in [5, 5.41) is 15.2. The zero-order valence-corrected chi connectivity index (χ0v) is 14.2. The molecule has 0 saturated heterocycles. The molecule has 0 aliphatic carbocycles. The van der Waals surface area contributed by atoms with Crippen LogP contribution < -0.4 is 10.6 Å². The number of anilines is 1. The monoisotopic (exact) mass is 376 g/mol. The SMILES string of the molecule is CCC(CC)(NCC(=O)Nc1ccc(Br)cc1Cl)C(=O)O. The molecule has 1 aromatic rings. The highest BCUT2D eigenvalue weighted by molar-refractivity contribution is 9.10. The molecule has 0 saturated carbocycles. The van der Waals surface area contributed by atoms with Crippen LogP contribution in [0.2, 0.25) is 5.02 Å². The first-order valence-electron chi connectivity index (χ1n) is 6.58. The minimum atomic E-state index is -1.08. The first-order valence-corrected chi connectivity index (χ1v) is 7.75. The largest absolute Gasteiger partial charge is 0.480 e. The van der Waals surface area contributed by atoms with Crippen LogP contribution in [0.25, 0.3) is 0 Å². The lowest BCUT2D eigenvalue weighted by atomic mass is 9.93. The Morgan fingerprint density at radius 3 is 2.43 bits per heavy atom. The summed E-state index contributed by atoms with van der Waals surface area (Å²) < 4.78 is 0.811. The molecule has 0 aliphatic rings.